The lowest BCUT2D eigenvalue weighted by atomic mass is 10.0. The van der Waals surface area contributed by atoms with E-state index in [0.717, 1.165) is 37.2 Å². The Hall–Kier alpha value is -0.580. The lowest BCUT2D eigenvalue weighted by molar-refractivity contribution is 0.114. The van der Waals surface area contributed by atoms with Gasteiger partial charge in [0.2, 0.25) is 0 Å². The summed E-state index contributed by atoms with van der Waals surface area (Å²) < 4.78 is 1.14. The Balaban J connectivity index is 1.96. The summed E-state index contributed by atoms with van der Waals surface area (Å²) in [4.78, 5) is 2.55. The number of benzene rings is 1. The van der Waals surface area contributed by atoms with Gasteiger partial charge in [-0.15, -0.1) is 0 Å². The molecular weight excluding hydrogens is 302 g/mol. The van der Waals surface area contributed by atoms with Crippen molar-refractivity contribution in [3.05, 3.63) is 28.2 Å². The Morgan fingerprint density at radius 2 is 2.00 bits per heavy atom. The highest BCUT2D eigenvalue weighted by atomic mass is 79.9. The molecule has 0 bridgehead atoms. The highest BCUT2D eigenvalue weighted by molar-refractivity contribution is 9.10. The molecule has 0 amide bonds. The SMILES string of the molecule is Cc1ccc(NCC(C)(C)N2CCNCC2)c(Br)c1. The average molecular weight is 326 g/mol. The molecule has 1 heterocycles. The zero-order valence-electron chi connectivity index (χ0n) is 12.1. The molecule has 0 radical (unpaired) electrons. The molecule has 1 saturated heterocycles. The monoisotopic (exact) mass is 325 g/mol. The third-order valence-corrected chi connectivity index (χ3v) is 4.47. The van der Waals surface area contributed by atoms with Crippen LogP contribution in [0.3, 0.4) is 0 Å². The van der Waals surface area contributed by atoms with E-state index < -0.39 is 0 Å². The molecule has 1 aliphatic rings. The van der Waals surface area contributed by atoms with Crippen LogP contribution in [0.4, 0.5) is 5.69 Å². The minimum atomic E-state index is 0.173. The molecule has 0 atom stereocenters. The number of rotatable bonds is 4. The highest BCUT2D eigenvalue weighted by Crippen LogP contribution is 2.25. The first-order chi connectivity index (χ1) is 8.99. The van der Waals surface area contributed by atoms with Crippen molar-refractivity contribution in [3.63, 3.8) is 0 Å². The van der Waals surface area contributed by atoms with Gasteiger partial charge in [0.15, 0.2) is 0 Å². The van der Waals surface area contributed by atoms with Gasteiger partial charge in [-0.25, -0.2) is 0 Å². The molecule has 0 saturated carbocycles. The topological polar surface area (TPSA) is 27.3 Å². The van der Waals surface area contributed by atoms with Gasteiger partial charge in [-0.1, -0.05) is 6.07 Å². The zero-order valence-corrected chi connectivity index (χ0v) is 13.7. The summed E-state index contributed by atoms with van der Waals surface area (Å²) in [7, 11) is 0. The maximum absolute atomic E-state index is 3.62. The van der Waals surface area contributed by atoms with E-state index in [1.54, 1.807) is 0 Å². The lowest BCUT2D eigenvalue weighted by Gasteiger charge is -2.41. The van der Waals surface area contributed by atoms with Crippen LogP contribution in [-0.2, 0) is 0 Å². The van der Waals surface area contributed by atoms with Crippen LogP contribution >= 0.6 is 15.9 Å². The molecule has 106 valence electrons. The minimum absolute atomic E-state index is 0.173. The van der Waals surface area contributed by atoms with E-state index in [4.69, 9.17) is 0 Å². The van der Waals surface area contributed by atoms with Gasteiger partial charge in [0, 0.05) is 48.4 Å². The second-order valence-corrected chi connectivity index (χ2v) is 6.74. The fraction of sp³-hybridized carbons (Fsp3) is 0.600. The van der Waals surface area contributed by atoms with Crippen molar-refractivity contribution >= 4 is 21.6 Å². The van der Waals surface area contributed by atoms with Crippen LogP contribution < -0.4 is 10.6 Å². The third-order valence-electron chi connectivity index (χ3n) is 3.81. The van der Waals surface area contributed by atoms with Crippen LogP contribution in [0.1, 0.15) is 19.4 Å². The van der Waals surface area contributed by atoms with E-state index in [-0.39, 0.29) is 5.54 Å². The van der Waals surface area contributed by atoms with E-state index in [0.29, 0.717) is 0 Å². The Labute approximate surface area is 124 Å². The van der Waals surface area contributed by atoms with Gasteiger partial charge >= 0.3 is 0 Å². The fourth-order valence-corrected chi connectivity index (χ4v) is 3.09. The fourth-order valence-electron chi connectivity index (χ4n) is 2.46. The van der Waals surface area contributed by atoms with Gasteiger partial charge < -0.3 is 10.6 Å². The molecule has 3 nitrogen and oxygen atoms in total. The summed E-state index contributed by atoms with van der Waals surface area (Å²) in [6.45, 7) is 12.1. The maximum atomic E-state index is 3.62. The normalized spacial score (nSPS) is 17.5. The van der Waals surface area contributed by atoms with E-state index in [1.807, 2.05) is 0 Å². The number of piperazine rings is 1. The summed E-state index contributed by atoms with van der Waals surface area (Å²) in [5.74, 6) is 0. The number of anilines is 1. The Kier molecular flexibility index (Phi) is 4.87. The van der Waals surface area contributed by atoms with E-state index in [9.17, 15) is 0 Å². The average Bonchev–Trinajstić information content (AvgIpc) is 2.39. The van der Waals surface area contributed by atoms with Crippen molar-refractivity contribution < 1.29 is 0 Å². The zero-order chi connectivity index (χ0) is 13.9. The smallest absolute Gasteiger partial charge is 0.0485 e. The van der Waals surface area contributed by atoms with Crippen LogP contribution in [0.25, 0.3) is 0 Å². The summed E-state index contributed by atoms with van der Waals surface area (Å²) in [5.41, 5.74) is 2.62. The van der Waals surface area contributed by atoms with Crippen molar-refractivity contribution in [2.45, 2.75) is 26.3 Å². The van der Waals surface area contributed by atoms with Gasteiger partial charge in [0.05, 0.1) is 0 Å². The van der Waals surface area contributed by atoms with Crippen molar-refractivity contribution in [1.82, 2.24) is 10.2 Å². The molecule has 1 aromatic carbocycles. The summed E-state index contributed by atoms with van der Waals surface area (Å²) in [5, 5.41) is 6.98. The van der Waals surface area contributed by atoms with Crippen LogP contribution in [0, 0.1) is 6.92 Å². The Morgan fingerprint density at radius 1 is 1.32 bits per heavy atom. The van der Waals surface area contributed by atoms with Crippen molar-refractivity contribution in [2.24, 2.45) is 0 Å². The number of hydrogen-bond donors (Lipinski definition) is 2. The van der Waals surface area contributed by atoms with Crippen LogP contribution in [0.15, 0.2) is 22.7 Å². The number of nitrogens with one attached hydrogen (secondary N) is 2. The predicted molar refractivity (Wildman–Crippen MR) is 85.9 cm³/mol. The number of halogens is 1. The largest absolute Gasteiger partial charge is 0.382 e. The third kappa shape index (κ3) is 3.94. The summed E-state index contributed by atoms with van der Waals surface area (Å²) in [6.07, 6.45) is 0. The minimum Gasteiger partial charge on any atom is -0.382 e. The molecule has 0 aromatic heterocycles. The molecule has 0 spiro atoms. The van der Waals surface area contributed by atoms with Crippen molar-refractivity contribution in [2.75, 3.05) is 38.0 Å². The summed E-state index contributed by atoms with van der Waals surface area (Å²) >= 11 is 3.62. The molecule has 1 aliphatic heterocycles. The molecule has 0 unspecified atom stereocenters. The van der Waals surface area contributed by atoms with Crippen molar-refractivity contribution in [3.8, 4) is 0 Å². The van der Waals surface area contributed by atoms with Gasteiger partial charge in [-0.3, -0.25) is 4.90 Å². The number of hydrogen-bond acceptors (Lipinski definition) is 3. The Morgan fingerprint density at radius 3 is 2.63 bits per heavy atom. The quantitative estimate of drug-likeness (QED) is 0.891. The highest BCUT2D eigenvalue weighted by Gasteiger charge is 2.27. The maximum Gasteiger partial charge on any atom is 0.0485 e. The predicted octanol–water partition coefficient (Wildman–Crippen LogP) is 2.85. The van der Waals surface area contributed by atoms with E-state index in [2.05, 4.69) is 70.4 Å². The first-order valence-corrected chi connectivity index (χ1v) is 7.74. The molecule has 1 aromatic rings. The second kappa shape index (κ2) is 6.25. The van der Waals surface area contributed by atoms with Gasteiger partial charge in [0.1, 0.15) is 0 Å². The van der Waals surface area contributed by atoms with Crippen LogP contribution in [0.2, 0.25) is 0 Å². The molecule has 4 heteroatoms. The first kappa shape index (κ1) is 14.8. The molecule has 19 heavy (non-hydrogen) atoms. The Bertz CT molecular complexity index is 425. The van der Waals surface area contributed by atoms with Gasteiger partial charge in [-0.05, 0) is 54.4 Å². The molecular formula is C15H24BrN3. The van der Waals surface area contributed by atoms with E-state index >= 15 is 0 Å². The van der Waals surface area contributed by atoms with Crippen molar-refractivity contribution in [1.29, 1.82) is 0 Å². The van der Waals surface area contributed by atoms with Gasteiger partial charge in [-0.2, -0.15) is 0 Å². The number of aryl methyl sites for hydroxylation is 1. The summed E-state index contributed by atoms with van der Waals surface area (Å²) in [6, 6.07) is 6.44. The molecule has 2 rings (SSSR count). The molecule has 2 N–H and O–H groups in total. The second-order valence-electron chi connectivity index (χ2n) is 5.89. The van der Waals surface area contributed by atoms with Crippen LogP contribution in [0.5, 0.6) is 0 Å². The van der Waals surface area contributed by atoms with Gasteiger partial charge in [0.25, 0.3) is 0 Å². The number of nitrogens with zero attached hydrogens (tertiary/aromatic N) is 1. The molecule has 0 aliphatic carbocycles. The van der Waals surface area contributed by atoms with E-state index in [1.165, 1.54) is 11.3 Å². The van der Waals surface area contributed by atoms with Crippen LogP contribution in [-0.4, -0.2) is 43.2 Å². The molecule has 1 fully saturated rings. The lowest BCUT2D eigenvalue weighted by Crippen LogP contribution is -2.56. The first-order valence-electron chi connectivity index (χ1n) is 6.95. The standard InChI is InChI=1S/C15H24BrN3/c1-12-4-5-14(13(16)10-12)18-11-15(2,3)19-8-6-17-7-9-19/h4-5,10,17-18H,6-9,11H2,1-3H3.